The van der Waals surface area contributed by atoms with E-state index in [-0.39, 0.29) is 12.4 Å². The number of amidine groups is 1. The van der Waals surface area contributed by atoms with Gasteiger partial charge in [0.1, 0.15) is 5.84 Å². The fraction of sp³-hybridized carbons (Fsp3) is 0.100. The number of amides is 2. The highest BCUT2D eigenvalue weighted by Gasteiger charge is 2.07. The monoisotopic (exact) mass is 283 g/mol. The third-order valence-electron chi connectivity index (χ3n) is 2.01. The fourth-order valence-electron chi connectivity index (χ4n) is 1.27. The maximum absolute atomic E-state index is 11.4. The average Bonchev–Trinajstić information content (AvgIpc) is 2.67. The van der Waals surface area contributed by atoms with Crippen molar-refractivity contribution in [3.8, 4) is 0 Å². The molecule has 1 aromatic carbocycles. The minimum Gasteiger partial charge on any atom is -0.386 e. The number of anilines is 1. The number of nitrogens with zero attached hydrogens (tertiary/aromatic N) is 1. The summed E-state index contributed by atoms with van der Waals surface area (Å²) in [6, 6.07) is 4.86. The van der Waals surface area contributed by atoms with Gasteiger partial charge in [-0.25, -0.2) is 9.78 Å². The molecule has 0 aliphatic heterocycles. The van der Waals surface area contributed by atoms with Crippen LogP contribution in [0.25, 0.3) is 10.2 Å². The predicted molar refractivity (Wildman–Crippen MR) is 73.6 cm³/mol. The molecule has 1 aromatic heterocycles. The molecule has 0 saturated heterocycles. The summed E-state index contributed by atoms with van der Waals surface area (Å²) in [6.07, 6.45) is 0. The molecule has 5 N–H and O–H groups in total. The zero-order valence-electron chi connectivity index (χ0n) is 9.16. The molecular formula is C10H10ClN5OS. The molecule has 1 heterocycles. The van der Waals surface area contributed by atoms with Crippen molar-refractivity contribution < 1.29 is 4.79 Å². The van der Waals surface area contributed by atoms with Crippen LogP contribution in [-0.2, 0) is 0 Å². The Morgan fingerprint density at radius 3 is 3.06 bits per heavy atom. The maximum Gasteiger partial charge on any atom is 0.321 e. The Balaban J connectivity index is 2.07. The molecule has 8 heteroatoms. The van der Waals surface area contributed by atoms with Crippen LogP contribution < -0.4 is 16.4 Å². The van der Waals surface area contributed by atoms with E-state index in [4.69, 9.17) is 22.7 Å². The van der Waals surface area contributed by atoms with Crippen LogP contribution in [0.1, 0.15) is 0 Å². The number of hydrogen-bond acceptors (Lipinski definition) is 4. The Bertz CT molecular complexity index is 611. The van der Waals surface area contributed by atoms with Gasteiger partial charge in [0.25, 0.3) is 0 Å². The molecule has 0 aliphatic carbocycles. The summed E-state index contributed by atoms with van der Waals surface area (Å²) in [7, 11) is 0. The Hall–Kier alpha value is -1.86. The number of carbonyl (C=O) groups excluding carboxylic acids is 1. The van der Waals surface area contributed by atoms with Gasteiger partial charge < -0.3 is 11.1 Å². The molecule has 94 valence electrons. The van der Waals surface area contributed by atoms with Gasteiger partial charge in [0, 0.05) is 5.02 Å². The SMILES string of the molecule is N=C(N)CNC(=O)Nc1nc2ccc(Cl)cc2s1. The molecule has 0 spiro atoms. The van der Waals surface area contributed by atoms with Crippen LogP contribution in [0.4, 0.5) is 9.93 Å². The molecule has 0 atom stereocenters. The van der Waals surface area contributed by atoms with Gasteiger partial charge in [-0.3, -0.25) is 10.7 Å². The number of hydrogen-bond donors (Lipinski definition) is 4. The van der Waals surface area contributed by atoms with E-state index in [1.165, 1.54) is 11.3 Å². The van der Waals surface area contributed by atoms with Crippen molar-refractivity contribution in [2.24, 2.45) is 5.73 Å². The number of nitrogens with two attached hydrogens (primary N) is 1. The highest BCUT2D eigenvalue weighted by molar-refractivity contribution is 7.22. The van der Waals surface area contributed by atoms with Gasteiger partial charge in [0.15, 0.2) is 5.13 Å². The molecule has 0 bridgehead atoms. The van der Waals surface area contributed by atoms with Crippen molar-refractivity contribution in [1.82, 2.24) is 10.3 Å². The summed E-state index contributed by atoms with van der Waals surface area (Å²) < 4.78 is 0.893. The van der Waals surface area contributed by atoms with E-state index in [0.717, 1.165) is 10.2 Å². The van der Waals surface area contributed by atoms with Crippen LogP contribution in [0.15, 0.2) is 18.2 Å². The largest absolute Gasteiger partial charge is 0.386 e. The molecule has 6 nitrogen and oxygen atoms in total. The summed E-state index contributed by atoms with van der Waals surface area (Å²) in [4.78, 5) is 15.7. The number of nitrogens with one attached hydrogen (secondary N) is 3. The second kappa shape index (κ2) is 5.19. The highest BCUT2D eigenvalue weighted by atomic mass is 35.5. The summed E-state index contributed by atoms with van der Waals surface area (Å²) in [6.45, 7) is 0.00254. The first kappa shape index (κ1) is 12.6. The summed E-state index contributed by atoms with van der Waals surface area (Å²) in [5.74, 6) is -0.110. The third kappa shape index (κ3) is 3.08. The lowest BCUT2D eigenvalue weighted by molar-refractivity contribution is 0.253. The summed E-state index contributed by atoms with van der Waals surface area (Å²) >= 11 is 7.18. The highest BCUT2D eigenvalue weighted by Crippen LogP contribution is 2.28. The van der Waals surface area contributed by atoms with Gasteiger partial charge in [0.2, 0.25) is 0 Å². The van der Waals surface area contributed by atoms with Crippen molar-refractivity contribution in [3.63, 3.8) is 0 Å². The number of halogens is 1. The second-order valence-electron chi connectivity index (χ2n) is 3.46. The number of urea groups is 1. The zero-order valence-corrected chi connectivity index (χ0v) is 10.7. The molecule has 0 fully saturated rings. The van der Waals surface area contributed by atoms with Gasteiger partial charge in [-0.2, -0.15) is 0 Å². The lowest BCUT2D eigenvalue weighted by Gasteiger charge is -2.02. The minimum absolute atomic E-state index is 0.00254. The average molecular weight is 284 g/mol. The van der Waals surface area contributed by atoms with Gasteiger partial charge in [0.05, 0.1) is 16.8 Å². The van der Waals surface area contributed by atoms with Crippen molar-refractivity contribution in [1.29, 1.82) is 5.41 Å². The molecule has 2 amide bonds. The molecule has 18 heavy (non-hydrogen) atoms. The number of rotatable bonds is 3. The van der Waals surface area contributed by atoms with Crippen LogP contribution in [0, 0.1) is 5.41 Å². The van der Waals surface area contributed by atoms with Crippen molar-refractivity contribution in [3.05, 3.63) is 23.2 Å². The second-order valence-corrected chi connectivity index (χ2v) is 4.93. The lowest BCUT2D eigenvalue weighted by Crippen LogP contribution is -2.35. The smallest absolute Gasteiger partial charge is 0.321 e. The number of benzene rings is 1. The van der Waals surface area contributed by atoms with E-state index in [1.54, 1.807) is 18.2 Å². The summed E-state index contributed by atoms with van der Waals surface area (Å²) in [5, 5.41) is 13.1. The molecule has 2 aromatic rings. The van der Waals surface area contributed by atoms with Crippen LogP contribution in [-0.4, -0.2) is 23.4 Å². The fourth-order valence-corrected chi connectivity index (χ4v) is 2.41. The van der Waals surface area contributed by atoms with Crippen molar-refractivity contribution in [2.45, 2.75) is 0 Å². The molecular weight excluding hydrogens is 274 g/mol. The van der Waals surface area contributed by atoms with Gasteiger partial charge in [-0.15, -0.1) is 0 Å². The lowest BCUT2D eigenvalue weighted by atomic mass is 10.3. The Morgan fingerprint density at radius 2 is 2.33 bits per heavy atom. The maximum atomic E-state index is 11.4. The molecule has 0 saturated carbocycles. The van der Waals surface area contributed by atoms with Crippen LogP contribution in [0.3, 0.4) is 0 Å². The standard InChI is InChI=1S/C10H10ClN5OS/c11-5-1-2-6-7(3-5)18-10(15-6)16-9(17)14-4-8(12)13/h1-3H,4H2,(H3,12,13)(H2,14,15,16,17). The molecule has 0 unspecified atom stereocenters. The third-order valence-corrected chi connectivity index (χ3v) is 3.18. The van der Waals surface area contributed by atoms with E-state index in [2.05, 4.69) is 15.6 Å². The Morgan fingerprint density at radius 1 is 1.56 bits per heavy atom. The van der Waals surface area contributed by atoms with Crippen LogP contribution in [0.5, 0.6) is 0 Å². The molecule has 0 radical (unpaired) electrons. The van der Waals surface area contributed by atoms with E-state index in [1.807, 2.05) is 0 Å². The van der Waals surface area contributed by atoms with Crippen LogP contribution in [0.2, 0.25) is 5.02 Å². The van der Waals surface area contributed by atoms with Crippen molar-refractivity contribution in [2.75, 3.05) is 11.9 Å². The molecule has 2 rings (SSSR count). The van der Waals surface area contributed by atoms with Gasteiger partial charge >= 0.3 is 6.03 Å². The van der Waals surface area contributed by atoms with Crippen molar-refractivity contribution >= 4 is 50.2 Å². The number of carbonyl (C=O) groups is 1. The number of fused-ring (bicyclic) bond motifs is 1. The van der Waals surface area contributed by atoms with E-state index in [0.29, 0.717) is 10.2 Å². The number of aromatic nitrogens is 1. The quantitative estimate of drug-likeness (QED) is 0.511. The first-order valence-electron chi connectivity index (χ1n) is 4.98. The molecule has 0 aliphatic rings. The summed E-state index contributed by atoms with van der Waals surface area (Å²) in [5.41, 5.74) is 5.89. The van der Waals surface area contributed by atoms with E-state index in [9.17, 15) is 4.79 Å². The predicted octanol–water partition coefficient (Wildman–Crippen LogP) is 2.01. The Labute approximate surface area is 112 Å². The topological polar surface area (TPSA) is 104 Å². The van der Waals surface area contributed by atoms with E-state index >= 15 is 0 Å². The minimum atomic E-state index is -0.449. The van der Waals surface area contributed by atoms with Crippen LogP contribution >= 0.6 is 22.9 Å². The zero-order chi connectivity index (χ0) is 13.1. The number of thiazole rings is 1. The van der Waals surface area contributed by atoms with E-state index < -0.39 is 6.03 Å². The first-order chi connectivity index (χ1) is 8.54. The normalized spacial score (nSPS) is 10.3. The van der Waals surface area contributed by atoms with Gasteiger partial charge in [-0.1, -0.05) is 22.9 Å². The van der Waals surface area contributed by atoms with Gasteiger partial charge in [-0.05, 0) is 18.2 Å². The first-order valence-corrected chi connectivity index (χ1v) is 6.18. The Kier molecular flexibility index (Phi) is 3.63.